The maximum absolute atomic E-state index is 11.4. The minimum Gasteiger partial charge on any atom is -0.497 e. The van der Waals surface area contributed by atoms with Crippen LogP contribution in [0.2, 0.25) is 0 Å². The van der Waals surface area contributed by atoms with Gasteiger partial charge in [-0.1, -0.05) is 19.1 Å². The highest BCUT2D eigenvalue weighted by atomic mass is 16.5. The van der Waals surface area contributed by atoms with Crippen LogP contribution >= 0.6 is 0 Å². The van der Waals surface area contributed by atoms with Crippen molar-refractivity contribution in [1.82, 2.24) is 5.32 Å². The van der Waals surface area contributed by atoms with E-state index in [1.807, 2.05) is 18.2 Å². The third-order valence-corrected chi connectivity index (χ3v) is 3.20. The van der Waals surface area contributed by atoms with Crippen LogP contribution in [0.3, 0.4) is 0 Å². The van der Waals surface area contributed by atoms with Gasteiger partial charge < -0.3 is 10.1 Å². The molecule has 3 nitrogen and oxygen atoms in total. The van der Waals surface area contributed by atoms with Gasteiger partial charge in [-0.3, -0.25) is 4.79 Å². The first-order valence-electron chi connectivity index (χ1n) is 5.68. The molecule has 0 aromatic heterocycles. The van der Waals surface area contributed by atoms with E-state index < -0.39 is 0 Å². The van der Waals surface area contributed by atoms with E-state index in [4.69, 9.17) is 4.74 Å². The summed E-state index contributed by atoms with van der Waals surface area (Å²) in [5.41, 5.74) is 1.18. The molecule has 1 N–H and O–H groups in total. The summed E-state index contributed by atoms with van der Waals surface area (Å²) in [5.74, 6) is 1.29. The van der Waals surface area contributed by atoms with Crippen molar-refractivity contribution in [3.63, 3.8) is 0 Å². The van der Waals surface area contributed by atoms with Gasteiger partial charge in [-0.15, -0.1) is 0 Å². The van der Waals surface area contributed by atoms with Crippen molar-refractivity contribution in [1.29, 1.82) is 0 Å². The molecular weight excluding hydrogens is 202 g/mol. The third-order valence-electron chi connectivity index (χ3n) is 3.20. The van der Waals surface area contributed by atoms with Gasteiger partial charge >= 0.3 is 0 Å². The first-order chi connectivity index (χ1) is 7.74. The fraction of sp³-hybridized carbons (Fsp3) is 0.462. The van der Waals surface area contributed by atoms with Crippen LogP contribution < -0.4 is 10.1 Å². The van der Waals surface area contributed by atoms with Crippen molar-refractivity contribution < 1.29 is 9.53 Å². The number of ether oxygens (including phenoxy) is 1. The van der Waals surface area contributed by atoms with Gasteiger partial charge in [0.05, 0.1) is 7.11 Å². The lowest BCUT2D eigenvalue weighted by Crippen LogP contribution is -2.27. The summed E-state index contributed by atoms with van der Waals surface area (Å²) >= 11 is 0. The molecule has 1 saturated heterocycles. The molecule has 0 radical (unpaired) electrons. The molecular formula is C13H17NO2. The van der Waals surface area contributed by atoms with E-state index in [1.54, 1.807) is 7.11 Å². The molecule has 3 heteroatoms. The molecule has 1 fully saturated rings. The van der Waals surface area contributed by atoms with E-state index in [0.717, 1.165) is 12.2 Å². The standard InChI is InChI=1S/C13H17NO2/c1-3-12-11(8-13(15)14-12)9-5-4-6-10(7-9)16-2/h4-7,11-12H,3,8H2,1-2H3,(H,14,15). The van der Waals surface area contributed by atoms with E-state index in [2.05, 4.69) is 18.3 Å². The molecule has 1 heterocycles. The molecule has 86 valence electrons. The molecule has 1 aromatic rings. The number of carbonyl (C=O) groups is 1. The third kappa shape index (κ3) is 2.03. The Bertz CT molecular complexity index is 389. The van der Waals surface area contributed by atoms with E-state index in [0.29, 0.717) is 6.42 Å². The first kappa shape index (κ1) is 11.0. The van der Waals surface area contributed by atoms with Gasteiger partial charge in [0, 0.05) is 18.4 Å². The quantitative estimate of drug-likeness (QED) is 0.845. The molecule has 1 aliphatic rings. The smallest absolute Gasteiger partial charge is 0.220 e. The number of benzene rings is 1. The van der Waals surface area contributed by atoms with Crippen LogP contribution in [0, 0.1) is 0 Å². The number of nitrogens with one attached hydrogen (secondary N) is 1. The number of hydrogen-bond donors (Lipinski definition) is 1. The topological polar surface area (TPSA) is 38.3 Å². The van der Waals surface area contributed by atoms with Gasteiger partial charge in [-0.2, -0.15) is 0 Å². The van der Waals surface area contributed by atoms with Gasteiger partial charge in [0.1, 0.15) is 5.75 Å². The highest BCUT2D eigenvalue weighted by Crippen LogP contribution is 2.31. The predicted octanol–water partition coefficient (Wildman–Crippen LogP) is 2.08. The van der Waals surface area contributed by atoms with Gasteiger partial charge in [-0.05, 0) is 24.1 Å². The summed E-state index contributed by atoms with van der Waals surface area (Å²) < 4.78 is 5.20. The maximum atomic E-state index is 11.4. The average Bonchev–Trinajstić information content (AvgIpc) is 2.70. The minimum atomic E-state index is 0.152. The summed E-state index contributed by atoms with van der Waals surface area (Å²) in [6.07, 6.45) is 1.55. The summed E-state index contributed by atoms with van der Waals surface area (Å²) in [6.45, 7) is 2.10. The van der Waals surface area contributed by atoms with E-state index in [9.17, 15) is 4.79 Å². The Morgan fingerprint density at radius 3 is 3.00 bits per heavy atom. The van der Waals surface area contributed by atoms with Crippen LogP contribution in [0.25, 0.3) is 0 Å². The SMILES string of the molecule is CCC1NC(=O)CC1c1cccc(OC)c1. The Morgan fingerprint density at radius 2 is 2.31 bits per heavy atom. The van der Waals surface area contributed by atoms with Crippen LogP contribution in [0.1, 0.15) is 31.2 Å². The fourth-order valence-corrected chi connectivity index (χ4v) is 2.32. The Kier molecular flexibility index (Phi) is 3.13. The largest absolute Gasteiger partial charge is 0.497 e. The summed E-state index contributed by atoms with van der Waals surface area (Å²) in [7, 11) is 1.66. The second-order valence-corrected chi connectivity index (χ2v) is 4.17. The van der Waals surface area contributed by atoms with Crippen molar-refractivity contribution in [2.45, 2.75) is 31.7 Å². The summed E-state index contributed by atoms with van der Waals surface area (Å²) in [6, 6.07) is 8.25. The van der Waals surface area contributed by atoms with Crippen molar-refractivity contribution in [2.24, 2.45) is 0 Å². The number of amides is 1. The molecule has 0 bridgehead atoms. The molecule has 16 heavy (non-hydrogen) atoms. The second-order valence-electron chi connectivity index (χ2n) is 4.17. The molecule has 2 rings (SSSR count). The van der Waals surface area contributed by atoms with E-state index in [1.165, 1.54) is 5.56 Å². The molecule has 1 aliphatic heterocycles. The zero-order valence-electron chi connectivity index (χ0n) is 9.69. The van der Waals surface area contributed by atoms with Crippen molar-refractivity contribution in [2.75, 3.05) is 7.11 Å². The minimum absolute atomic E-state index is 0.152. The molecule has 0 spiro atoms. The number of carbonyl (C=O) groups excluding carboxylic acids is 1. The zero-order chi connectivity index (χ0) is 11.5. The zero-order valence-corrected chi connectivity index (χ0v) is 9.69. The Labute approximate surface area is 95.8 Å². The summed E-state index contributed by atoms with van der Waals surface area (Å²) in [5, 5.41) is 3.01. The normalized spacial score (nSPS) is 24.2. The fourth-order valence-electron chi connectivity index (χ4n) is 2.32. The van der Waals surface area contributed by atoms with Crippen LogP contribution in [0.15, 0.2) is 24.3 Å². The first-order valence-corrected chi connectivity index (χ1v) is 5.68. The van der Waals surface area contributed by atoms with E-state index >= 15 is 0 Å². The van der Waals surface area contributed by atoms with E-state index in [-0.39, 0.29) is 17.9 Å². The predicted molar refractivity (Wildman–Crippen MR) is 62.6 cm³/mol. The molecule has 2 unspecified atom stereocenters. The lowest BCUT2D eigenvalue weighted by molar-refractivity contribution is -0.119. The average molecular weight is 219 g/mol. The molecule has 1 amide bonds. The van der Waals surface area contributed by atoms with Gasteiger partial charge in [0.15, 0.2) is 0 Å². The molecule has 1 aromatic carbocycles. The number of rotatable bonds is 3. The van der Waals surface area contributed by atoms with Gasteiger partial charge in [0.25, 0.3) is 0 Å². The molecule has 0 saturated carbocycles. The van der Waals surface area contributed by atoms with Crippen LogP contribution in [0.5, 0.6) is 5.75 Å². The highest BCUT2D eigenvalue weighted by molar-refractivity contribution is 5.80. The van der Waals surface area contributed by atoms with Crippen molar-refractivity contribution in [3.8, 4) is 5.75 Å². The lowest BCUT2D eigenvalue weighted by Gasteiger charge is -2.17. The summed E-state index contributed by atoms with van der Waals surface area (Å²) in [4.78, 5) is 11.4. The number of hydrogen-bond acceptors (Lipinski definition) is 2. The Morgan fingerprint density at radius 1 is 1.50 bits per heavy atom. The number of methoxy groups -OCH3 is 1. The van der Waals surface area contributed by atoms with Gasteiger partial charge in [-0.25, -0.2) is 0 Å². The van der Waals surface area contributed by atoms with Crippen LogP contribution in [0.4, 0.5) is 0 Å². The van der Waals surface area contributed by atoms with Crippen molar-refractivity contribution in [3.05, 3.63) is 29.8 Å². The maximum Gasteiger partial charge on any atom is 0.220 e. The monoisotopic (exact) mass is 219 g/mol. The molecule has 0 aliphatic carbocycles. The second kappa shape index (κ2) is 4.56. The van der Waals surface area contributed by atoms with Crippen LogP contribution in [-0.4, -0.2) is 19.1 Å². The molecule has 2 atom stereocenters. The lowest BCUT2D eigenvalue weighted by atomic mass is 9.90. The van der Waals surface area contributed by atoms with Gasteiger partial charge in [0.2, 0.25) is 5.91 Å². The van der Waals surface area contributed by atoms with Crippen LogP contribution in [-0.2, 0) is 4.79 Å². The van der Waals surface area contributed by atoms with Crippen molar-refractivity contribution >= 4 is 5.91 Å². The Hall–Kier alpha value is -1.51. The Balaban J connectivity index is 2.25. The highest BCUT2D eigenvalue weighted by Gasteiger charge is 2.32.